The quantitative estimate of drug-likeness (QED) is 0.173. The van der Waals surface area contributed by atoms with Crippen LogP contribution in [-0.4, -0.2) is 89.2 Å². The molecule has 0 radical (unpaired) electrons. The minimum Gasteiger partial charge on any atom is -0.507 e. The van der Waals surface area contributed by atoms with Crippen molar-refractivity contribution in [1.82, 2.24) is 9.80 Å². The minimum atomic E-state index is -1.45. The highest BCUT2D eigenvalue weighted by atomic mass is 16.5. The maximum atomic E-state index is 14.2. The van der Waals surface area contributed by atoms with Gasteiger partial charge in [-0.15, -0.1) is 0 Å². The van der Waals surface area contributed by atoms with Crippen molar-refractivity contribution in [1.29, 1.82) is 0 Å². The fourth-order valence-corrected chi connectivity index (χ4v) is 6.18. The van der Waals surface area contributed by atoms with Gasteiger partial charge in [-0.05, 0) is 40.8 Å². The Kier molecular flexibility index (Phi) is 6.85. The third-order valence-electron chi connectivity index (χ3n) is 8.42. The third-order valence-corrected chi connectivity index (χ3v) is 8.42. The van der Waals surface area contributed by atoms with E-state index in [-0.39, 0.29) is 56.2 Å². The van der Waals surface area contributed by atoms with Crippen LogP contribution in [0.4, 0.5) is 0 Å². The molecular weight excluding hydrogens is 548 g/mol. The lowest BCUT2D eigenvalue weighted by atomic mass is 9.75. The van der Waals surface area contributed by atoms with E-state index in [0.717, 1.165) is 0 Å². The smallest absolute Gasteiger partial charge is 0.333 e. The molecule has 1 saturated heterocycles. The standard InChI is InChI=1S/C30H30N2O10/c1-8-11(2)30(39)42-10-16-17-14(22(33)12(3)27(40-6)25(17)36)9-15-20-18-19(23(34)13(4)28(41-7)26(18)37)24(35)21(31(20)5)29(38)32(15)16/h8-9,16,20-21,34,37H,10H2,1-7H3/b11-8-/t16-,20?,21-/m0/s1. The third kappa shape index (κ3) is 3.67. The summed E-state index contributed by atoms with van der Waals surface area (Å²) in [6.07, 6.45) is 2.91. The van der Waals surface area contributed by atoms with E-state index in [1.165, 1.54) is 64.0 Å². The lowest BCUT2D eigenvalue weighted by Gasteiger charge is -2.52. The first-order chi connectivity index (χ1) is 19.8. The molecule has 220 valence electrons. The molecule has 1 fully saturated rings. The van der Waals surface area contributed by atoms with Crippen LogP contribution in [0.5, 0.6) is 17.2 Å². The van der Waals surface area contributed by atoms with Crippen LogP contribution in [0.25, 0.3) is 0 Å². The van der Waals surface area contributed by atoms with Gasteiger partial charge in [-0.2, -0.15) is 0 Å². The SMILES string of the molecule is C/C=C(/C)C(=O)OC[C@H]1C2=C(C=C3C4c5c(O)c(OC)c(C)c(O)c5C(=O)[C@@H](C(=O)N31)N4C)C(=O)C(C)=C(OC)C2=O. The van der Waals surface area contributed by atoms with Crippen LogP contribution in [0.15, 0.2) is 45.9 Å². The highest BCUT2D eigenvalue weighted by Gasteiger charge is 2.58. The van der Waals surface area contributed by atoms with Crippen molar-refractivity contribution >= 4 is 29.2 Å². The molecule has 12 nitrogen and oxygen atoms in total. The molecule has 12 heteroatoms. The number of piperazine rings is 1. The Morgan fingerprint density at radius 2 is 1.69 bits per heavy atom. The van der Waals surface area contributed by atoms with Crippen LogP contribution in [0.2, 0.25) is 0 Å². The van der Waals surface area contributed by atoms with Gasteiger partial charge in [0.1, 0.15) is 18.4 Å². The largest absolute Gasteiger partial charge is 0.507 e. The van der Waals surface area contributed by atoms with E-state index >= 15 is 0 Å². The number of rotatable bonds is 5. The molecular formula is C30H30N2O10. The number of carbonyl (C=O) groups excluding carboxylic acids is 5. The average Bonchev–Trinajstić information content (AvgIpc) is 2.96. The zero-order valence-corrected chi connectivity index (χ0v) is 24.1. The van der Waals surface area contributed by atoms with Crippen molar-refractivity contribution in [3.63, 3.8) is 0 Å². The second-order valence-electron chi connectivity index (χ2n) is 10.5. The van der Waals surface area contributed by atoms with Gasteiger partial charge in [0.2, 0.25) is 5.78 Å². The maximum absolute atomic E-state index is 14.2. The second kappa shape index (κ2) is 9.98. The Balaban J connectivity index is 1.79. The number of phenolic OH excluding ortho intramolecular Hbond substituents is 2. The lowest BCUT2D eigenvalue weighted by molar-refractivity contribution is -0.147. The first kappa shape index (κ1) is 28.8. The Morgan fingerprint density at radius 1 is 1.02 bits per heavy atom. The molecule has 0 aromatic heterocycles. The first-order valence-corrected chi connectivity index (χ1v) is 13.1. The number of phenols is 2. The molecule has 2 N–H and O–H groups in total. The zero-order valence-electron chi connectivity index (χ0n) is 24.1. The second-order valence-corrected chi connectivity index (χ2v) is 10.5. The lowest BCUT2D eigenvalue weighted by Crippen LogP contribution is -2.65. The van der Waals surface area contributed by atoms with Gasteiger partial charge in [0, 0.05) is 39.1 Å². The maximum Gasteiger partial charge on any atom is 0.333 e. The van der Waals surface area contributed by atoms with E-state index in [4.69, 9.17) is 14.2 Å². The molecule has 3 aliphatic heterocycles. The monoisotopic (exact) mass is 578 g/mol. The van der Waals surface area contributed by atoms with Gasteiger partial charge in [0.25, 0.3) is 5.91 Å². The summed E-state index contributed by atoms with van der Waals surface area (Å²) < 4.78 is 16.1. The van der Waals surface area contributed by atoms with Crippen LogP contribution in [0, 0.1) is 6.92 Å². The Hall–Kier alpha value is -4.71. The normalized spacial score (nSPS) is 23.9. The molecule has 1 unspecified atom stereocenters. The number of ether oxygens (including phenoxy) is 3. The number of aromatic hydroxyl groups is 2. The number of ketones is 3. The van der Waals surface area contributed by atoms with Gasteiger partial charge in [-0.3, -0.25) is 24.1 Å². The number of benzene rings is 1. The molecule has 3 heterocycles. The average molecular weight is 579 g/mol. The number of amides is 1. The zero-order chi connectivity index (χ0) is 30.9. The highest BCUT2D eigenvalue weighted by Crippen LogP contribution is 2.55. The van der Waals surface area contributed by atoms with Gasteiger partial charge in [-0.1, -0.05) is 6.08 Å². The van der Waals surface area contributed by atoms with E-state index < -0.39 is 65.5 Å². The van der Waals surface area contributed by atoms with E-state index in [2.05, 4.69) is 0 Å². The number of Topliss-reactive ketones (excluding diaryl/α,β-unsaturated/α-hetero) is 3. The van der Waals surface area contributed by atoms with Crippen molar-refractivity contribution < 1.29 is 48.4 Å². The van der Waals surface area contributed by atoms with Gasteiger partial charge >= 0.3 is 5.97 Å². The molecule has 1 amide bonds. The Bertz CT molecular complexity index is 1640. The molecule has 5 rings (SSSR count). The summed E-state index contributed by atoms with van der Waals surface area (Å²) >= 11 is 0. The minimum absolute atomic E-state index is 0.0218. The van der Waals surface area contributed by atoms with Gasteiger partial charge in [0.15, 0.2) is 34.9 Å². The summed E-state index contributed by atoms with van der Waals surface area (Å²) in [7, 11) is 4.05. The molecule has 42 heavy (non-hydrogen) atoms. The molecule has 4 aliphatic rings. The van der Waals surface area contributed by atoms with Crippen LogP contribution in [0.3, 0.4) is 0 Å². The van der Waals surface area contributed by atoms with Crippen LogP contribution in [0.1, 0.15) is 48.3 Å². The number of hydrogen-bond acceptors (Lipinski definition) is 11. The fourth-order valence-electron chi connectivity index (χ4n) is 6.18. The van der Waals surface area contributed by atoms with Gasteiger partial charge in [-0.25, -0.2) is 4.79 Å². The topological polar surface area (TPSA) is 160 Å². The number of esters is 1. The van der Waals surface area contributed by atoms with Crippen molar-refractivity contribution in [3.05, 3.63) is 62.6 Å². The number of likely N-dealkylation sites (N-methyl/N-ethyl adjacent to an activating group) is 1. The summed E-state index contributed by atoms with van der Waals surface area (Å²) in [6.45, 7) is 5.58. The molecule has 3 atom stereocenters. The van der Waals surface area contributed by atoms with Crippen LogP contribution in [-0.2, 0) is 28.7 Å². The summed E-state index contributed by atoms with van der Waals surface area (Å²) in [5, 5.41) is 22.4. The summed E-state index contributed by atoms with van der Waals surface area (Å²) in [5.41, 5.74) is 0.186. The van der Waals surface area contributed by atoms with Crippen molar-refractivity contribution in [2.75, 3.05) is 27.9 Å². The molecule has 2 bridgehead atoms. The van der Waals surface area contributed by atoms with E-state index in [1.54, 1.807) is 6.92 Å². The van der Waals surface area contributed by atoms with Crippen molar-refractivity contribution in [2.24, 2.45) is 0 Å². The number of hydrogen-bond donors (Lipinski definition) is 2. The van der Waals surface area contributed by atoms with Crippen LogP contribution >= 0.6 is 0 Å². The van der Waals surface area contributed by atoms with Gasteiger partial charge < -0.3 is 29.3 Å². The Labute approximate surface area is 241 Å². The number of nitrogens with zero attached hydrogens (tertiary/aromatic N) is 2. The van der Waals surface area contributed by atoms with E-state index in [0.29, 0.717) is 0 Å². The number of fused-ring (bicyclic) bond motifs is 6. The molecule has 1 aromatic rings. The highest BCUT2D eigenvalue weighted by molar-refractivity contribution is 6.27. The number of methoxy groups -OCH3 is 2. The van der Waals surface area contributed by atoms with Crippen LogP contribution < -0.4 is 4.74 Å². The van der Waals surface area contributed by atoms with Crippen molar-refractivity contribution in [2.45, 2.75) is 45.8 Å². The summed E-state index contributed by atoms with van der Waals surface area (Å²) in [4.78, 5) is 70.5. The van der Waals surface area contributed by atoms with Crippen molar-refractivity contribution in [3.8, 4) is 17.2 Å². The first-order valence-electron chi connectivity index (χ1n) is 13.1. The predicted octanol–water partition coefficient (Wildman–Crippen LogP) is 1.94. The fraction of sp³-hybridized carbons (Fsp3) is 0.367. The molecule has 1 aromatic carbocycles. The molecule has 0 saturated carbocycles. The number of allylic oxidation sites excluding steroid dienone is 5. The molecule has 1 aliphatic carbocycles. The summed E-state index contributed by atoms with van der Waals surface area (Å²) in [6, 6.07) is -3.79. The summed E-state index contributed by atoms with van der Waals surface area (Å²) in [5.74, 6) is -4.56. The van der Waals surface area contributed by atoms with E-state index in [1.807, 2.05) is 0 Å². The predicted molar refractivity (Wildman–Crippen MR) is 146 cm³/mol. The van der Waals surface area contributed by atoms with Gasteiger partial charge in [0.05, 0.1) is 25.8 Å². The molecule has 0 spiro atoms. The number of carbonyl (C=O) groups is 5. The Morgan fingerprint density at radius 3 is 2.29 bits per heavy atom. The van der Waals surface area contributed by atoms with E-state index in [9.17, 15) is 34.2 Å².